The molecule has 0 radical (unpaired) electrons. The Hall–Kier alpha value is -2.78. The molecule has 0 heterocycles. The van der Waals surface area contributed by atoms with Crippen molar-refractivity contribution < 1.29 is 9.47 Å². The van der Waals surface area contributed by atoms with E-state index < -0.39 is 0 Å². The lowest BCUT2D eigenvalue weighted by Gasteiger charge is -2.13. The zero-order valence-corrected chi connectivity index (χ0v) is 15.4. The van der Waals surface area contributed by atoms with E-state index in [4.69, 9.17) is 9.47 Å². The van der Waals surface area contributed by atoms with Crippen molar-refractivity contribution in [2.45, 2.75) is 26.6 Å². The molecule has 134 valence electrons. The predicted molar refractivity (Wildman–Crippen MR) is 105 cm³/mol. The van der Waals surface area contributed by atoms with Gasteiger partial charge in [0, 0.05) is 13.1 Å². The third kappa shape index (κ3) is 5.11. The SMILES string of the molecule is COc1cc(CNCc2ccccc2)ccc1OCc1cccc(C)c1. The molecule has 0 aromatic heterocycles. The van der Waals surface area contributed by atoms with Crippen molar-refractivity contribution in [1.82, 2.24) is 5.32 Å². The van der Waals surface area contributed by atoms with Gasteiger partial charge < -0.3 is 14.8 Å². The topological polar surface area (TPSA) is 30.5 Å². The van der Waals surface area contributed by atoms with Gasteiger partial charge in [0.05, 0.1) is 7.11 Å². The Balaban J connectivity index is 1.58. The van der Waals surface area contributed by atoms with Gasteiger partial charge in [0.15, 0.2) is 11.5 Å². The molecular weight excluding hydrogens is 322 g/mol. The highest BCUT2D eigenvalue weighted by Gasteiger charge is 2.06. The lowest BCUT2D eigenvalue weighted by molar-refractivity contribution is 0.284. The van der Waals surface area contributed by atoms with Crippen molar-refractivity contribution in [3.8, 4) is 11.5 Å². The van der Waals surface area contributed by atoms with Gasteiger partial charge in [0.1, 0.15) is 6.61 Å². The fraction of sp³-hybridized carbons (Fsp3) is 0.217. The molecule has 0 amide bonds. The van der Waals surface area contributed by atoms with Crippen LogP contribution in [0.15, 0.2) is 72.8 Å². The first-order valence-electron chi connectivity index (χ1n) is 8.84. The Morgan fingerprint density at radius 2 is 1.50 bits per heavy atom. The summed E-state index contributed by atoms with van der Waals surface area (Å²) in [7, 11) is 1.68. The predicted octanol–water partition coefficient (Wildman–Crippen LogP) is 4.87. The second-order valence-corrected chi connectivity index (χ2v) is 6.35. The Labute approximate surface area is 155 Å². The van der Waals surface area contributed by atoms with Gasteiger partial charge in [-0.15, -0.1) is 0 Å². The van der Waals surface area contributed by atoms with Crippen molar-refractivity contribution in [2.75, 3.05) is 7.11 Å². The molecule has 1 N–H and O–H groups in total. The van der Waals surface area contributed by atoms with Crippen LogP contribution >= 0.6 is 0 Å². The van der Waals surface area contributed by atoms with Gasteiger partial charge in [0.25, 0.3) is 0 Å². The fourth-order valence-corrected chi connectivity index (χ4v) is 2.85. The third-order valence-electron chi connectivity index (χ3n) is 4.21. The number of nitrogens with one attached hydrogen (secondary N) is 1. The van der Waals surface area contributed by atoms with E-state index in [1.54, 1.807) is 7.11 Å². The molecule has 0 unspecified atom stereocenters. The van der Waals surface area contributed by atoms with Crippen molar-refractivity contribution in [3.05, 3.63) is 95.1 Å². The Morgan fingerprint density at radius 1 is 0.731 bits per heavy atom. The Kier molecular flexibility index (Phi) is 6.29. The van der Waals surface area contributed by atoms with E-state index in [1.807, 2.05) is 24.3 Å². The molecular formula is C23H25NO2. The molecule has 0 atom stereocenters. The van der Waals surface area contributed by atoms with Crippen LogP contribution in [0.25, 0.3) is 0 Å². The molecule has 0 fully saturated rings. The maximum absolute atomic E-state index is 5.95. The highest BCUT2D eigenvalue weighted by atomic mass is 16.5. The molecule has 0 saturated heterocycles. The van der Waals surface area contributed by atoms with Crippen molar-refractivity contribution in [2.24, 2.45) is 0 Å². The minimum absolute atomic E-state index is 0.531. The van der Waals surface area contributed by atoms with E-state index in [-0.39, 0.29) is 0 Å². The summed E-state index contributed by atoms with van der Waals surface area (Å²) < 4.78 is 11.5. The van der Waals surface area contributed by atoms with E-state index in [0.717, 1.165) is 30.2 Å². The fourth-order valence-electron chi connectivity index (χ4n) is 2.85. The lowest BCUT2D eigenvalue weighted by Crippen LogP contribution is -2.12. The number of rotatable bonds is 8. The summed E-state index contributed by atoms with van der Waals surface area (Å²) in [5.41, 5.74) is 4.83. The van der Waals surface area contributed by atoms with Gasteiger partial charge in [-0.1, -0.05) is 66.2 Å². The summed E-state index contributed by atoms with van der Waals surface area (Å²) in [6.07, 6.45) is 0. The van der Waals surface area contributed by atoms with E-state index >= 15 is 0 Å². The van der Waals surface area contributed by atoms with Gasteiger partial charge in [-0.25, -0.2) is 0 Å². The molecule has 0 bridgehead atoms. The monoisotopic (exact) mass is 347 g/mol. The van der Waals surface area contributed by atoms with E-state index in [9.17, 15) is 0 Å². The quantitative estimate of drug-likeness (QED) is 0.630. The Bertz CT molecular complexity index is 831. The van der Waals surface area contributed by atoms with Crippen LogP contribution in [-0.2, 0) is 19.7 Å². The van der Waals surface area contributed by atoms with Crippen molar-refractivity contribution >= 4 is 0 Å². The standard InChI is InChI=1S/C23H25NO2/c1-18-7-6-10-21(13-18)17-26-22-12-11-20(14-23(22)25-2)16-24-15-19-8-4-3-5-9-19/h3-14,24H,15-17H2,1-2H3. The van der Waals surface area contributed by atoms with Crippen LogP contribution in [0.5, 0.6) is 11.5 Å². The average molecular weight is 347 g/mol. The zero-order chi connectivity index (χ0) is 18.2. The minimum Gasteiger partial charge on any atom is -0.493 e. The first-order chi connectivity index (χ1) is 12.7. The second-order valence-electron chi connectivity index (χ2n) is 6.35. The molecule has 3 rings (SSSR count). The van der Waals surface area contributed by atoms with Crippen LogP contribution in [-0.4, -0.2) is 7.11 Å². The zero-order valence-electron chi connectivity index (χ0n) is 15.4. The molecule has 0 aliphatic heterocycles. The second kappa shape index (κ2) is 9.07. The smallest absolute Gasteiger partial charge is 0.161 e. The van der Waals surface area contributed by atoms with Gasteiger partial charge in [-0.2, -0.15) is 0 Å². The van der Waals surface area contributed by atoms with Crippen LogP contribution in [0.3, 0.4) is 0 Å². The summed E-state index contributed by atoms with van der Waals surface area (Å²) in [6.45, 7) is 4.24. The summed E-state index contributed by atoms with van der Waals surface area (Å²) in [5, 5.41) is 3.46. The summed E-state index contributed by atoms with van der Waals surface area (Å²) >= 11 is 0. The summed E-state index contributed by atoms with van der Waals surface area (Å²) in [6, 6.07) is 24.8. The molecule has 3 aromatic rings. The van der Waals surface area contributed by atoms with Crippen LogP contribution in [0, 0.1) is 6.92 Å². The molecule has 26 heavy (non-hydrogen) atoms. The molecule has 0 saturated carbocycles. The van der Waals surface area contributed by atoms with Gasteiger partial charge >= 0.3 is 0 Å². The number of hydrogen-bond donors (Lipinski definition) is 1. The highest BCUT2D eigenvalue weighted by molar-refractivity contribution is 5.43. The third-order valence-corrected chi connectivity index (χ3v) is 4.21. The first kappa shape index (κ1) is 18.0. The van der Waals surface area contributed by atoms with Crippen LogP contribution < -0.4 is 14.8 Å². The number of methoxy groups -OCH3 is 1. The summed E-state index contributed by atoms with van der Waals surface area (Å²) in [4.78, 5) is 0. The molecule has 0 spiro atoms. The molecule has 3 aromatic carbocycles. The number of hydrogen-bond acceptors (Lipinski definition) is 3. The van der Waals surface area contributed by atoms with E-state index in [0.29, 0.717) is 6.61 Å². The van der Waals surface area contributed by atoms with E-state index in [2.05, 4.69) is 60.8 Å². The average Bonchev–Trinajstić information content (AvgIpc) is 2.67. The van der Waals surface area contributed by atoms with Crippen molar-refractivity contribution in [1.29, 1.82) is 0 Å². The maximum Gasteiger partial charge on any atom is 0.161 e. The maximum atomic E-state index is 5.95. The first-order valence-corrected chi connectivity index (χ1v) is 8.84. The van der Waals surface area contributed by atoms with Gasteiger partial charge in [0.2, 0.25) is 0 Å². The molecule has 3 heteroatoms. The molecule has 0 aliphatic carbocycles. The molecule has 3 nitrogen and oxygen atoms in total. The van der Waals surface area contributed by atoms with Crippen LogP contribution in [0.4, 0.5) is 0 Å². The normalized spacial score (nSPS) is 10.5. The van der Waals surface area contributed by atoms with Crippen molar-refractivity contribution in [3.63, 3.8) is 0 Å². The van der Waals surface area contributed by atoms with Gasteiger partial charge in [-0.05, 0) is 35.7 Å². The largest absolute Gasteiger partial charge is 0.493 e. The van der Waals surface area contributed by atoms with Gasteiger partial charge in [-0.3, -0.25) is 0 Å². The minimum atomic E-state index is 0.531. The lowest BCUT2D eigenvalue weighted by atomic mass is 10.1. The van der Waals surface area contributed by atoms with Crippen LogP contribution in [0.1, 0.15) is 22.3 Å². The molecule has 0 aliphatic rings. The van der Waals surface area contributed by atoms with Crippen LogP contribution in [0.2, 0.25) is 0 Å². The number of ether oxygens (including phenoxy) is 2. The highest BCUT2D eigenvalue weighted by Crippen LogP contribution is 2.29. The van der Waals surface area contributed by atoms with E-state index in [1.165, 1.54) is 16.7 Å². The number of aryl methyl sites for hydroxylation is 1. The Morgan fingerprint density at radius 3 is 2.27 bits per heavy atom. The summed E-state index contributed by atoms with van der Waals surface area (Å²) in [5.74, 6) is 1.53. The number of benzene rings is 3.